The van der Waals surface area contributed by atoms with Crippen molar-refractivity contribution in [2.24, 2.45) is 5.92 Å². The van der Waals surface area contributed by atoms with Gasteiger partial charge in [0.05, 0.1) is 38.8 Å². The van der Waals surface area contributed by atoms with E-state index in [1.165, 1.54) is 18.3 Å². The highest BCUT2D eigenvalue weighted by atomic mass is 35.5. The minimum Gasteiger partial charge on any atom is -0.380 e. The van der Waals surface area contributed by atoms with Gasteiger partial charge in [-0.15, -0.1) is 5.53 Å². The predicted octanol–water partition coefficient (Wildman–Crippen LogP) is 5.02. The number of hydrogen-bond donors (Lipinski definition) is 4. The summed E-state index contributed by atoms with van der Waals surface area (Å²) in [5, 5.41) is 18.3. The number of hydrazine groups is 2. The smallest absolute Gasteiger partial charge is 0.380 e. The highest BCUT2D eigenvalue weighted by Gasteiger charge is 2.56. The number of pyridine rings is 1. The van der Waals surface area contributed by atoms with Gasteiger partial charge in [0.25, 0.3) is 0 Å². The molecule has 3 aromatic rings. The summed E-state index contributed by atoms with van der Waals surface area (Å²) in [5.41, 5.74) is 6.88. The summed E-state index contributed by atoms with van der Waals surface area (Å²) in [4.78, 5) is 4.27. The summed E-state index contributed by atoms with van der Waals surface area (Å²) < 4.78 is 53.4. The van der Waals surface area contributed by atoms with Gasteiger partial charge >= 0.3 is 6.18 Å². The molecule has 7 nitrogen and oxygen atoms in total. The lowest BCUT2D eigenvalue weighted by Crippen LogP contribution is -2.45. The molecule has 39 heavy (non-hydrogen) atoms. The average molecular weight is 554 g/mol. The maximum absolute atomic E-state index is 13.8. The zero-order valence-corrected chi connectivity index (χ0v) is 21.0. The van der Waals surface area contributed by atoms with E-state index in [0.717, 1.165) is 12.8 Å². The molecule has 0 amide bonds. The van der Waals surface area contributed by atoms with Crippen LogP contribution in [0.2, 0.25) is 5.02 Å². The molecule has 2 saturated carbocycles. The fraction of sp³-hybridized carbons (Fsp3) is 0.308. The first-order valence-corrected chi connectivity index (χ1v) is 12.7. The van der Waals surface area contributed by atoms with Crippen molar-refractivity contribution in [2.45, 2.75) is 43.0 Å². The third-order valence-corrected chi connectivity index (χ3v) is 7.47. The number of hydrogen-bond acceptors (Lipinski definition) is 7. The number of benzene rings is 2. The van der Waals surface area contributed by atoms with Gasteiger partial charge in [0.1, 0.15) is 19.7 Å². The number of alkyl halides is 3. The monoisotopic (exact) mass is 553 g/mol. The maximum Gasteiger partial charge on any atom is 0.393 e. The minimum atomic E-state index is -4.34. The van der Waals surface area contributed by atoms with Gasteiger partial charge in [-0.25, -0.2) is 4.39 Å². The Hall–Kier alpha value is -3.69. The lowest BCUT2D eigenvalue weighted by Gasteiger charge is -2.34. The summed E-state index contributed by atoms with van der Waals surface area (Å²) in [7, 11) is 6.95. The van der Waals surface area contributed by atoms with Crippen molar-refractivity contribution in [1.82, 2.24) is 21.0 Å². The number of halogens is 5. The van der Waals surface area contributed by atoms with E-state index in [4.69, 9.17) is 19.4 Å². The molecular formula is C26H21BClF4N7. The fourth-order valence-electron chi connectivity index (χ4n) is 4.79. The third-order valence-electron chi connectivity index (χ3n) is 7.18. The van der Waals surface area contributed by atoms with Gasteiger partial charge in [-0.1, -0.05) is 23.7 Å². The molecule has 2 unspecified atom stereocenters. The van der Waals surface area contributed by atoms with Crippen molar-refractivity contribution >= 4 is 41.7 Å². The van der Waals surface area contributed by atoms with Gasteiger partial charge in [0, 0.05) is 35.6 Å². The van der Waals surface area contributed by atoms with Crippen LogP contribution in [0.25, 0.3) is 10.9 Å². The zero-order valence-electron chi connectivity index (χ0n) is 20.3. The van der Waals surface area contributed by atoms with Crippen LogP contribution in [-0.2, 0) is 5.44 Å². The van der Waals surface area contributed by atoms with Crippen LogP contribution in [0.15, 0.2) is 54.5 Å². The van der Waals surface area contributed by atoms with Gasteiger partial charge < -0.3 is 16.1 Å². The van der Waals surface area contributed by atoms with Crippen LogP contribution in [0.3, 0.4) is 0 Å². The zero-order chi connectivity index (χ0) is 27.5. The molecule has 4 N–H and O–H groups in total. The van der Waals surface area contributed by atoms with Crippen LogP contribution in [0.4, 0.5) is 28.9 Å². The largest absolute Gasteiger partial charge is 0.393 e. The summed E-state index contributed by atoms with van der Waals surface area (Å²) >= 11 is 6.58. The van der Waals surface area contributed by atoms with Crippen LogP contribution in [-0.4, -0.2) is 36.1 Å². The van der Waals surface area contributed by atoms with E-state index in [2.05, 4.69) is 26.6 Å². The van der Waals surface area contributed by atoms with E-state index in [1.54, 1.807) is 24.3 Å². The predicted molar refractivity (Wildman–Crippen MR) is 140 cm³/mol. The number of rotatable bonds is 7. The Morgan fingerprint density at radius 3 is 2.56 bits per heavy atom. The summed E-state index contributed by atoms with van der Waals surface area (Å²) in [6.07, 6.45) is 0.747. The Balaban J connectivity index is 1.41. The number of nitriles is 1. The molecule has 2 heterocycles. The minimum absolute atomic E-state index is 0.0885. The van der Waals surface area contributed by atoms with E-state index in [0.29, 0.717) is 33.9 Å². The normalized spacial score (nSPS) is 22.1. The van der Waals surface area contributed by atoms with Crippen molar-refractivity contribution in [3.8, 4) is 6.07 Å². The number of fused-ring (bicyclic) bond motifs is 1. The van der Waals surface area contributed by atoms with Gasteiger partial charge in [-0.05, 0) is 49.1 Å². The molecule has 3 aliphatic rings. The summed E-state index contributed by atoms with van der Waals surface area (Å²) in [6.45, 7) is 0. The van der Waals surface area contributed by atoms with Crippen LogP contribution < -0.4 is 21.6 Å². The lowest BCUT2D eigenvalue weighted by atomic mass is 9.69. The Bertz CT molecular complexity index is 1520. The summed E-state index contributed by atoms with van der Waals surface area (Å²) in [6, 6.07) is 10.4. The van der Waals surface area contributed by atoms with Crippen molar-refractivity contribution < 1.29 is 17.6 Å². The van der Waals surface area contributed by atoms with Crippen LogP contribution in [0.1, 0.15) is 30.4 Å². The van der Waals surface area contributed by atoms with Gasteiger partial charge in [0.2, 0.25) is 0 Å². The molecule has 6 rings (SSSR count). The second kappa shape index (κ2) is 9.21. The van der Waals surface area contributed by atoms with E-state index in [1.807, 2.05) is 17.3 Å². The van der Waals surface area contributed by atoms with E-state index < -0.39 is 29.4 Å². The van der Waals surface area contributed by atoms with Gasteiger partial charge in [0.15, 0.2) is 0 Å². The molecular weight excluding hydrogens is 533 g/mol. The van der Waals surface area contributed by atoms with E-state index in [9.17, 15) is 22.8 Å². The highest BCUT2D eigenvalue weighted by molar-refractivity contribution is 6.36. The maximum atomic E-state index is 13.8. The Morgan fingerprint density at radius 2 is 1.92 bits per heavy atom. The molecule has 0 saturated heterocycles. The van der Waals surface area contributed by atoms with Gasteiger partial charge in [-0.3, -0.25) is 9.99 Å². The molecule has 1 aromatic heterocycles. The third kappa shape index (κ3) is 4.81. The van der Waals surface area contributed by atoms with Crippen LogP contribution in [0, 0.1) is 23.1 Å². The Kier molecular flexibility index (Phi) is 6.04. The molecule has 13 heteroatoms. The quantitative estimate of drug-likeness (QED) is 0.241. The Labute approximate surface area is 227 Å². The standard InChI is InChI=1S/C26H21BClF4N7/c27-25(14-1-3-15(29)4-2-14,22-12-39(38-37-22)17-5-6-17)36-16-7-18-23(35-21-9-19(21)26(30,31)32)13(10-33)11-34-24(18)20(28)8-16/h1-4,7-8,11-12,17,19,21,36-38H,5-6,9H2,(H,34,35)/t19?,21-,25?/m1/s1. The van der Waals surface area contributed by atoms with Crippen LogP contribution in [0.5, 0.6) is 0 Å². The first-order valence-electron chi connectivity index (χ1n) is 12.3. The van der Waals surface area contributed by atoms with E-state index >= 15 is 0 Å². The first-order chi connectivity index (χ1) is 18.6. The molecule has 2 aromatic carbocycles. The number of aromatic nitrogens is 1. The van der Waals surface area contributed by atoms with Crippen molar-refractivity contribution in [1.29, 1.82) is 5.26 Å². The number of anilines is 2. The molecule has 2 aliphatic carbocycles. The second-order valence-corrected chi connectivity index (χ2v) is 10.4. The second-order valence-electron chi connectivity index (χ2n) is 10.0. The number of nitrogens with one attached hydrogen (secondary N) is 4. The molecule has 198 valence electrons. The molecule has 2 fully saturated rings. The van der Waals surface area contributed by atoms with Crippen molar-refractivity contribution in [3.05, 3.63) is 76.5 Å². The SMILES string of the molecule is [B]C(Nc1cc(Cl)c2ncc(C#N)c(N[C@@H]3CC3C(F)(F)F)c2c1)(C1=CN(C2CC2)NN1)c1ccc(F)cc1. The van der Waals surface area contributed by atoms with E-state index in [-0.39, 0.29) is 22.7 Å². The average Bonchev–Trinajstić information content (AvgIpc) is 3.82. The fourth-order valence-corrected chi connectivity index (χ4v) is 5.06. The molecule has 0 bridgehead atoms. The first kappa shape index (κ1) is 25.6. The summed E-state index contributed by atoms with van der Waals surface area (Å²) in [5.74, 6) is -1.93. The molecule has 0 spiro atoms. The van der Waals surface area contributed by atoms with Crippen LogP contribution >= 0.6 is 11.6 Å². The highest BCUT2D eigenvalue weighted by Crippen LogP contribution is 2.47. The molecule has 1 aliphatic heterocycles. The Morgan fingerprint density at radius 1 is 1.18 bits per heavy atom. The topological polar surface area (TPSA) is 88.0 Å². The number of nitrogens with zero attached hydrogens (tertiary/aromatic N) is 3. The van der Waals surface area contributed by atoms with Crippen molar-refractivity contribution in [3.63, 3.8) is 0 Å². The van der Waals surface area contributed by atoms with Gasteiger partial charge in [-0.2, -0.15) is 18.4 Å². The molecule has 2 radical (unpaired) electrons. The molecule has 3 atom stereocenters. The lowest BCUT2D eigenvalue weighted by molar-refractivity contribution is -0.147. The van der Waals surface area contributed by atoms with Crippen molar-refractivity contribution in [2.75, 3.05) is 10.6 Å².